The minimum absolute atomic E-state index is 0.0979. The van der Waals surface area contributed by atoms with Gasteiger partial charge >= 0.3 is 5.97 Å². The van der Waals surface area contributed by atoms with E-state index in [0.717, 1.165) is 5.56 Å². The molecule has 0 radical (unpaired) electrons. The second kappa shape index (κ2) is 6.36. The van der Waals surface area contributed by atoms with Crippen LogP contribution in [0.15, 0.2) is 60.4 Å². The molecule has 0 saturated carbocycles. The number of nitrogens with zero attached hydrogens (tertiary/aromatic N) is 1. The normalized spacial score (nSPS) is 15.2. The summed E-state index contributed by atoms with van der Waals surface area (Å²) in [7, 11) is 0. The van der Waals surface area contributed by atoms with Crippen LogP contribution in [0, 0.1) is 0 Å². The Bertz CT molecular complexity index is 768. The van der Waals surface area contributed by atoms with Crippen molar-refractivity contribution in [1.29, 1.82) is 0 Å². The first-order valence-corrected chi connectivity index (χ1v) is 7.22. The molecule has 0 saturated heterocycles. The van der Waals surface area contributed by atoms with Gasteiger partial charge in [-0.1, -0.05) is 42.5 Å². The van der Waals surface area contributed by atoms with Gasteiger partial charge in [0.25, 0.3) is 5.91 Å². The zero-order chi connectivity index (χ0) is 16.2. The highest BCUT2D eigenvalue weighted by Crippen LogP contribution is 2.35. The van der Waals surface area contributed by atoms with E-state index in [2.05, 4.69) is 0 Å². The van der Waals surface area contributed by atoms with Crippen molar-refractivity contribution < 1.29 is 19.4 Å². The molecule has 1 amide bonds. The van der Waals surface area contributed by atoms with Crippen molar-refractivity contribution in [3.63, 3.8) is 0 Å². The van der Waals surface area contributed by atoms with Crippen molar-refractivity contribution in [2.45, 2.75) is 6.42 Å². The van der Waals surface area contributed by atoms with Crippen LogP contribution < -0.4 is 9.64 Å². The van der Waals surface area contributed by atoms with Crippen molar-refractivity contribution in [1.82, 2.24) is 0 Å². The van der Waals surface area contributed by atoms with Gasteiger partial charge in [0, 0.05) is 6.54 Å². The molecule has 2 aromatic carbocycles. The number of carbonyl (C=O) groups is 2. The van der Waals surface area contributed by atoms with E-state index in [1.54, 1.807) is 24.3 Å². The number of benzene rings is 2. The summed E-state index contributed by atoms with van der Waals surface area (Å²) in [4.78, 5) is 24.9. The van der Waals surface area contributed by atoms with E-state index in [-0.39, 0.29) is 24.6 Å². The van der Waals surface area contributed by atoms with Crippen molar-refractivity contribution in [3.05, 3.63) is 65.9 Å². The highest BCUT2D eigenvalue weighted by Gasteiger charge is 2.30. The monoisotopic (exact) mass is 309 g/mol. The molecule has 1 heterocycles. The predicted octanol–water partition coefficient (Wildman–Crippen LogP) is 2.93. The molecule has 0 atom stereocenters. The van der Waals surface area contributed by atoms with E-state index in [1.807, 2.05) is 36.4 Å². The number of ether oxygens (including phenoxy) is 1. The molecule has 23 heavy (non-hydrogen) atoms. The molecule has 2 aromatic rings. The Hall–Kier alpha value is -3.08. The van der Waals surface area contributed by atoms with Crippen LogP contribution in [0.25, 0.3) is 6.08 Å². The summed E-state index contributed by atoms with van der Waals surface area (Å²) in [6.45, 7) is 0.0979. The second-order valence-electron chi connectivity index (χ2n) is 5.09. The number of hydrogen-bond acceptors (Lipinski definition) is 3. The number of anilines is 1. The van der Waals surface area contributed by atoms with E-state index >= 15 is 0 Å². The van der Waals surface area contributed by atoms with Gasteiger partial charge < -0.3 is 14.7 Å². The van der Waals surface area contributed by atoms with E-state index < -0.39 is 5.97 Å². The van der Waals surface area contributed by atoms with Crippen LogP contribution in [0.3, 0.4) is 0 Å². The first kappa shape index (κ1) is 14.8. The fourth-order valence-corrected chi connectivity index (χ4v) is 2.39. The summed E-state index contributed by atoms with van der Waals surface area (Å²) >= 11 is 0. The van der Waals surface area contributed by atoms with Crippen molar-refractivity contribution in [3.8, 4) is 5.75 Å². The molecule has 3 rings (SSSR count). The fraction of sp³-hybridized carbons (Fsp3) is 0.111. The van der Waals surface area contributed by atoms with E-state index in [1.165, 1.54) is 4.90 Å². The molecule has 5 nitrogen and oxygen atoms in total. The van der Waals surface area contributed by atoms with Crippen molar-refractivity contribution in [2.75, 3.05) is 11.4 Å². The molecule has 0 aliphatic carbocycles. The molecule has 0 bridgehead atoms. The predicted molar refractivity (Wildman–Crippen MR) is 86.1 cm³/mol. The Morgan fingerprint density at radius 2 is 1.78 bits per heavy atom. The molecule has 1 aliphatic rings. The van der Waals surface area contributed by atoms with Crippen LogP contribution in [0.4, 0.5) is 5.69 Å². The summed E-state index contributed by atoms with van der Waals surface area (Å²) in [5, 5.41) is 8.90. The maximum absolute atomic E-state index is 12.6. The average Bonchev–Trinajstić information content (AvgIpc) is 2.56. The molecular formula is C18H15NO4. The second-order valence-corrected chi connectivity index (χ2v) is 5.09. The number of carboxylic acid groups (broad SMARTS) is 1. The number of fused-ring (bicyclic) bond motifs is 1. The van der Waals surface area contributed by atoms with Gasteiger partial charge in [0.1, 0.15) is 0 Å². The Morgan fingerprint density at radius 1 is 1.09 bits per heavy atom. The van der Waals surface area contributed by atoms with Gasteiger partial charge in [0.2, 0.25) is 0 Å². The van der Waals surface area contributed by atoms with E-state index in [9.17, 15) is 9.59 Å². The maximum Gasteiger partial charge on any atom is 0.305 e. The Labute approximate surface area is 133 Å². The molecule has 0 fully saturated rings. The molecule has 0 unspecified atom stereocenters. The molecule has 0 spiro atoms. The largest absolute Gasteiger partial charge is 0.481 e. The third-order valence-electron chi connectivity index (χ3n) is 3.48. The van der Waals surface area contributed by atoms with Crippen LogP contribution in [0.2, 0.25) is 0 Å². The zero-order valence-electron chi connectivity index (χ0n) is 12.3. The highest BCUT2D eigenvalue weighted by molar-refractivity contribution is 6.10. The SMILES string of the molecule is O=C(O)CCN1C(=O)/C(=C\c2ccccc2)Oc2ccccc21. The lowest BCUT2D eigenvalue weighted by Crippen LogP contribution is -2.38. The first-order chi connectivity index (χ1) is 11.1. The minimum Gasteiger partial charge on any atom is -0.481 e. The van der Waals surface area contributed by atoms with Crippen molar-refractivity contribution >= 4 is 23.6 Å². The molecular weight excluding hydrogens is 294 g/mol. The highest BCUT2D eigenvalue weighted by atomic mass is 16.5. The standard InChI is InChI=1S/C18H15NO4/c20-17(21)10-11-19-14-8-4-5-9-15(14)23-16(18(19)22)12-13-6-2-1-3-7-13/h1-9,12H,10-11H2,(H,20,21)/b16-12+. The molecule has 1 aliphatic heterocycles. The van der Waals surface area contributed by atoms with Gasteiger partial charge in [0.05, 0.1) is 12.1 Å². The lowest BCUT2D eigenvalue weighted by Gasteiger charge is -2.30. The van der Waals surface area contributed by atoms with Gasteiger partial charge in [-0.15, -0.1) is 0 Å². The first-order valence-electron chi connectivity index (χ1n) is 7.22. The smallest absolute Gasteiger partial charge is 0.305 e. The molecule has 5 heteroatoms. The number of rotatable bonds is 4. The van der Waals surface area contributed by atoms with Crippen LogP contribution in [0.1, 0.15) is 12.0 Å². The summed E-state index contributed by atoms with van der Waals surface area (Å²) < 4.78 is 5.71. The quantitative estimate of drug-likeness (QED) is 0.882. The summed E-state index contributed by atoms with van der Waals surface area (Å²) in [6, 6.07) is 16.5. The number of aliphatic carboxylic acids is 1. The lowest BCUT2D eigenvalue weighted by atomic mass is 10.1. The average molecular weight is 309 g/mol. The van der Waals surface area contributed by atoms with Gasteiger partial charge in [-0.05, 0) is 23.8 Å². The van der Waals surface area contributed by atoms with Crippen LogP contribution in [-0.2, 0) is 9.59 Å². The maximum atomic E-state index is 12.6. The van der Waals surface area contributed by atoms with E-state index in [0.29, 0.717) is 11.4 Å². The summed E-state index contributed by atoms with van der Waals surface area (Å²) in [5.74, 6) is -0.566. The number of carboxylic acids is 1. The van der Waals surface area contributed by atoms with E-state index in [4.69, 9.17) is 9.84 Å². The van der Waals surface area contributed by atoms with Crippen LogP contribution in [-0.4, -0.2) is 23.5 Å². The summed E-state index contributed by atoms with van der Waals surface area (Å²) in [5.41, 5.74) is 1.43. The zero-order valence-corrected chi connectivity index (χ0v) is 12.3. The lowest BCUT2D eigenvalue weighted by molar-refractivity contribution is -0.136. The molecule has 116 valence electrons. The minimum atomic E-state index is -0.949. The van der Waals surface area contributed by atoms with Gasteiger partial charge in [-0.2, -0.15) is 0 Å². The Morgan fingerprint density at radius 3 is 2.52 bits per heavy atom. The number of para-hydroxylation sites is 2. The number of amides is 1. The van der Waals surface area contributed by atoms with Gasteiger partial charge in [-0.3, -0.25) is 9.59 Å². The number of hydrogen-bond donors (Lipinski definition) is 1. The Balaban J connectivity index is 1.97. The van der Waals surface area contributed by atoms with Crippen LogP contribution >= 0.6 is 0 Å². The van der Waals surface area contributed by atoms with Gasteiger partial charge in [0.15, 0.2) is 11.5 Å². The van der Waals surface area contributed by atoms with Gasteiger partial charge in [-0.25, -0.2) is 0 Å². The van der Waals surface area contributed by atoms with Crippen LogP contribution in [0.5, 0.6) is 5.75 Å². The molecule has 0 aromatic heterocycles. The summed E-state index contributed by atoms with van der Waals surface area (Å²) in [6.07, 6.45) is 1.53. The number of carbonyl (C=O) groups excluding carboxylic acids is 1. The van der Waals surface area contributed by atoms with Crippen molar-refractivity contribution in [2.24, 2.45) is 0 Å². The molecule has 1 N–H and O–H groups in total. The fourth-order valence-electron chi connectivity index (χ4n) is 2.39. The Kier molecular flexibility index (Phi) is 4.10. The third-order valence-corrected chi connectivity index (χ3v) is 3.48. The third kappa shape index (κ3) is 3.23. The topological polar surface area (TPSA) is 66.8 Å².